The summed E-state index contributed by atoms with van der Waals surface area (Å²) in [6.45, 7) is 2.66. The number of aromatic nitrogens is 3. The molecule has 5 atom stereocenters. The molecule has 0 unspecified atom stereocenters. The fourth-order valence-electron chi connectivity index (χ4n) is 6.32. The summed E-state index contributed by atoms with van der Waals surface area (Å²) in [6, 6.07) is 36.5. The minimum Gasteiger partial charge on any atom is -0.494 e. The second-order valence-corrected chi connectivity index (χ2v) is 13.3. The molecule has 0 amide bonds. The van der Waals surface area contributed by atoms with Crippen molar-refractivity contribution in [2.75, 3.05) is 20.3 Å². The van der Waals surface area contributed by atoms with Gasteiger partial charge in [-0.05, 0) is 54.2 Å². The van der Waals surface area contributed by atoms with Crippen LogP contribution in [0.4, 0.5) is 0 Å². The number of ether oxygens (including phenoxy) is 7. The molecule has 1 aromatic heterocycles. The van der Waals surface area contributed by atoms with Crippen LogP contribution in [0.15, 0.2) is 121 Å². The highest BCUT2D eigenvalue weighted by atomic mass is 16.7. The van der Waals surface area contributed by atoms with Crippen molar-refractivity contribution in [1.29, 1.82) is 0 Å². The fraction of sp³-hybridized carbons (Fsp3) is 0.372. The van der Waals surface area contributed by atoms with Gasteiger partial charge in [-0.15, -0.1) is 5.10 Å². The highest BCUT2D eigenvalue weighted by Gasteiger charge is 2.48. The van der Waals surface area contributed by atoms with Crippen LogP contribution in [0, 0.1) is 0 Å². The molecule has 12 heteroatoms. The molecule has 12 nitrogen and oxygen atoms in total. The molecule has 0 aliphatic carbocycles. The highest BCUT2D eigenvalue weighted by molar-refractivity contribution is 5.88. The van der Waals surface area contributed by atoms with Crippen LogP contribution in [0.2, 0.25) is 0 Å². The first-order valence-corrected chi connectivity index (χ1v) is 18.6. The predicted octanol–water partition coefficient (Wildman–Crippen LogP) is 6.87. The van der Waals surface area contributed by atoms with Crippen molar-refractivity contribution in [2.45, 2.75) is 82.9 Å². The summed E-state index contributed by atoms with van der Waals surface area (Å²) in [5, 5.41) is 17.8. The number of aryl methyl sites for hydroxylation is 1. The highest BCUT2D eigenvalue weighted by Crippen LogP contribution is 2.31. The third kappa shape index (κ3) is 12.3. The van der Waals surface area contributed by atoms with E-state index in [9.17, 15) is 4.79 Å². The first kappa shape index (κ1) is 39.7. The van der Waals surface area contributed by atoms with Gasteiger partial charge in [0.05, 0.1) is 51.4 Å². The zero-order valence-corrected chi connectivity index (χ0v) is 31.1. The number of aromatic carboxylic acids is 1. The molecule has 0 bridgehead atoms. The number of hydrogen-bond donors (Lipinski definition) is 1. The quantitative estimate of drug-likeness (QED) is 0.0744. The van der Waals surface area contributed by atoms with Gasteiger partial charge in [-0.1, -0.05) is 102 Å². The van der Waals surface area contributed by atoms with Crippen LogP contribution in [-0.4, -0.2) is 77.1 Å². The van der Waals surface area contributed by atoms with E-state index in [0.717, 1.165) is 36.0 Å². The van der Waals surface area contributed by atoms with Crippen molar-refractivity contribution in [3.05, 3.63) is 149 Å². The Labute approximate surface area is 321 Å². The lowest BCUT2D eigenvalue weighted by atomic mass is 9.97. The maximum absolute atomic E-state index is 11.2. The van der Waals surface area contributed by atoms with E-state index in [1.807, 2.05) is 102 Å². The molecule has 290 valence electrons. The molecule has 4 aromatic carbocycles. The van der Waals surface area contributed by atoms with E-state index in [1.165, 1.54) is 6.07 Å². The molecule has 0 saturated carbocycles. The van der Waals surface area contributed by atoms with Crippen LogP contribution in [0.25, 0.3) is 0 Å². The molecule has 0 spiro atoms. The predicted molar refractivity (Wildman–Crippen MR) is 203 cm³/mol. The van der Waals surface area contributed by atoms with E-state index in [4.69, 9.17) is 38.3 Å². The molecule has 6 rings (SSSR count). The Morgan fingerprint density at radius 3 is 1.96 bits per heavy atom. The maximum atomic E-state index is 11.2. The number of hydrogen-bond acceptors (Lipinski definition) is 10. The third-order valence-electron chi connectivity index (χ3n) is 9.18. The third-order valence-corrected chi connectivity index (χ3v) is 9.18. The van der Waals surface area contributed by atoms with E-state index < -0.39 is 36.7 Å². The van der Waals surface area contributed by atoms with E-state index in [0.29, 0.717) is 44.4 Å². The minimum atomic E-state index is -0.974. The van der Waals surface area contributed by atoms with Crippen LogP contribution >= 0.6 is 0 Å². The van der Waals surface area contributed by atoms with Crippen LogP contribution < -0.4 is 4.74 Å². The Bertz CT molecular complexity index is 1840. The fourth-order valence-corrected chi connectivity index (χ4v) is 6.32. The largest absolute Gasteiger partial charge is 0.494 e. The summed E-state index contributed by atoms with van der Waals surface area (Å²) >= 11 is 0. The monoisotopic (exact) mass is 751 g/mol. The second kappa shape index (κ2) is 21.2. The molecule has 1 aliphatic rings. The van der Waals surface area contributed by atoms with Gasteiger partial charge in [0, 0.05) is 13.7 Å². The summed E-state index contributed by atoms with van der Waals surface area (Å²) in [7, 11) is 1.60. The van der Waals surface area contributed by atoms with Gasteiger partial charge in [0.1, 0.15) is 35.9 Å². The number of benzene rings is 4. The molecule has 1 fully saturated rings. The zero-order valence-electron chi connectivity index (χ0n) is 31.1. The lowest BCUT2D eigenvalue weighted by molar-refractivity contribution is -0.323. The summed E-state index contributed by atoms with van der Waals surface area (Å²) in [5.74, 6) is -0.420. The van der Waals surface area contributed by atoms with Crippen LogP contribution in [0.5, 0.6) is 5.75 Å². The topological polar surface area (TPSA) is 133 Å². The van der Waals surface area contributed by atoms with Crippen molar-refractivity contribution >= 4 is 5.97 Å². The first-order chi connectivity index (χ1) is 27.1. The van der Waals surface area contributed by atoms with Gasteiger partial charge in [0.15, 0.2) is 6.29 Å². The van der Waals surface area contributed by atoms with Gasteiger partial charge < -0.3 is 38.3 Å². The molecule has 2 heterocycles. The lowest BCUT2D eigenvalue weighted by Gasteiger charge is -2.45. The Morgan fingerprint density at radius 2 is 1.35 bits per heavy atom. The van der Waals surface area contributed by atoms with Crippen molar-refractivity contribution in [2.24, 2.45) is 0 Å². The van der Waals surface area contributed by atoms with Crippen LogP contribution in [0.3, 0.4) is 0 Å². The average Bonchev–Trinajstić information content (AvgIpc) is 3.68. The SMILES string of the molecule is CO[C@H]1O[C@H](COCc2cn(CCCCCOc3cccc(C(=O)O)c3)nn2)[C@@H](OCc2ccccc2)[C@H](OCc2ccccc2)[C@H]1OCc1ccccc1. The molecule has 1 aliphatic heterocycles. The molecule has 0 radical (unpaired) electrons. The summed E-state index contributed by atoms with van der Waals surface area (Å²) in [6.07, 6.45) is 1.51. The number of rotatable bonds is 22. The van der Waals surface area contributed by atoms with Gasteiger partial charge in [-0.3, -0.25) is 4.68 Å². The van der Waals surface area contributed by atoms with E-state index in [2.05, 4.69) is 10.3 Å². The van der Waals surface area contributed by atoms with E-state index in [-0.39, 0.29) is 18.8 Å². The molecule has 1 N–H and O–H groups in total. The molecule has 55 heavy (non-hydrogen) atoms. The van der Waals surface area contributed by atoms with Gasteiger partial charge in [-0.25, -0.2) is 4.79 Å². The molecule has 1 saturated heterocycles. The maximum Gasteiger partial charge on any atom is 0.335 e. The molecule has 5 aromatic rings. The zero-order chi connectivity index (χ0) is 38.1. The van der Waals surface area contributed by atoms with E-state index >= 15 is 0 Å². The van der Waals surface area contributed by atoms with Crippen molar-refractivity contribution in [3.8, 4) is 5.75 Å². The number of unbranched alkanes of at least 4 members (excludes halogenated alkanes) is 2. The van der Waals surface area contributed by atoms with Gasteiger partial charge in [-0.2, -0.15) is 0 Å². The van der Waals surface area contributed by atoms with E-state index in [1.54, 1.807) is 25.3 Å². The summed E-state index contributed by atoms with van der Waals surface area (Å²) < 4.78 is 46.0. The second-order valence-electron chi connectivity index (χ2n) is 13.3. The van der Waals surface area contributed by atoms with Crippen molar-refractivity contribution in [1.82, 2.24) is 15.0 Å². The first-order valence-electron chi connectivity index (χ1n) is 18.6. The Kier molecular flexibility index (Phi) is 15.3. The van der Waals surface area contributed by atoms with Crippen molar-refractivity contribution in [3.63, 3.8) is 0 Å². The normalized spacial score (nSPS) is 19.6. The lowest BCUT2D eigenvalue weighted by Crippen LogP contribution is -2.61. The Balaban J connectivity index is 1.06. The number of carboxylic acids is 1. The number of carbonyl (C=O) groups is 1. The summed E-state index contributed by atoms with van der Waals surface area (Å²) in [4.78, 5) is 11.2. The smallest absolute Gasteiger partial charge is 0.335 e. The van der Waals surface area contributed by atoms with Gasteiger partial charge in [0.25, 0.3) is 0 Å². The average molecular weight is 752 g/mol. The number of carboxylic acid groups (broad SMARTS) is 1. The Morgan fingerprint density at radius 1 is 0.727 bits per heavy atom. The van der Waals surface area contributed by atoms with Crippen LogP contribution in [-0.2, 0) is 61.4 Å². The summed E-state index contributed by atoms with van der Waals surface area (Å²) in [5.41, 5.74) is 3.98. The molecular weight excluding hydrogens is 702 g/mol. The Hall–Kier alpha value is -4.95. The minimum absolute atomic E-state index is 0.193. The van der Waals surface area contributed by atoms with Gasteiger partial charge in [0.2, 0.25) is 0 Å². The molecular formula is C43H49N3O9. The number of methoxy groups -OCH3 is 1. The number of nitrogens with zero attached hydrogens (tertiary/aromatic N) is 3. The standard InChI is InChI=1S/C43H49N3O9/c1-49-43-41(54-29-34-19-10-4-11-20-34)40(53-28-33-17-8-3-9-18-33)39(52-27-32-15-6-2-7-16-32)38(55-43)31-50-30-36-26-46(45-44-36)23-12-5-13-24-51-37-22-14-21-35(25-37)42(47)48/h2-4,6-11,14-22,25-26,38-41,43H,5,12-13,23-24,27-31H2,1H3,(H,47,48)/t38-,39-,40+,41-,43+/m1/s1. The van der Waals surface area contributed by atoms with Crippen molar-refractivity contribution < 1.29 is 43.1 Å². The van der Waals surface area contributed by atoms with Gasteiger partial charge >= 0.3 is 5.97 Å². The van der Waals surface area contributed by atoms with Crippen LogP contribution in [0.1, 0.15) is 52.0 Å².